The van der Waals surface area contributed by atoms with Crippen LogP contribution in [0.1, 0.15) is 128 Å². The molecule has 0 saturated heterocycles. The van der Waals surface area contributed by atoms with Gasteiger partial charge in [-0.15, -0.1) is 0 Å². The molecule has 3 rings (SSSR count). The quantitative estimate of drug-likeness (QED) is 0.253. The monoisotopic (exact) mass is 446 g/mol. The molecule has 1 aliphatic carbocycles. The molecular weight excluding hydrogens is 396 g/mol. The van der Waals surface area contributed by atoms with Crippen LogP contribution in [0.15, 0.2) is 48.5 Å². The van der Waals surface area contributed by atoms with Gasteiger partial charge in [-0.3, -0.25) is 0 Å². The second kappa shape index (κ2) is 14.6. The van der Waals surface area contributed by atoms with Crippen LogP contribution in [0.4, 0.5) is 0 Å². The van der Waals surface area contributed by atoms with Gasteiger partial charge < -0.3 is 0 Å². The van der Waals surface area contributed by atoms with Crippen LogP contribution in [-0.2, 0) is 6.42 Å². The predicted molar refractivity (Wildman–Crippen MR) is 147 cm³/mol. The van der Waals surface area contributed by atoms with Gasteiger partial charge in [0.25, 0.3) is 0 Å². The Hall–Kier alpha value is -1.56. The Morgan fingerprint density at radius 3 is 1.79 bits per heavy atom. The SMILES string of the molecule is CCCCCCCCCCC1CCC(c2ccc(-c3ccc(CC(C)CC)cc3)cc2)CC1. The van der Waals surface area contributed by atoms with Crippen LogP contribution >= 0.6 is 0 Å². The first-order valence-corrected chi connectivity index (χ1v) is 14.4. The summed E-state index contributed by atoms with van der Waals surface area (Å²) in [6.45, 7) is 6.93. The van der Waals surface area contributed by atoms with Crippen LogP contribution in [0.25, 0.3) is 11.1 Å². The van der Waals surface area contributed by atoms with Crippen LogP contribution in [0.3, 0.4) is 0 Å². The number of rotatable bonds is 14. The van der Waals surface area contributed by atoms with Gasteiger partial charge >= 0.3 is 0 Å². The molecule has 0 aromatic heterocycles. The fraction of sp³-hybridized carbons (Fsp3) is 0.636. The smallest absolute Gasteiger partial charge is 0.0162 e. The summed E-state index contributed by atoms with van der Waals surface area (Å²) in [5, 5.41) is 0. The highest BCUT2D eigenvalue weighted by molar-refractivity contribution is 5.64. The van der Waals surface area contributed by atoms with E-state index >= 15 is 0 Å². The average molecular weight is 447 g/mol. The predicted octanol–water partition coefficient (Wildman–Crippen LogP) is 10.7. The number of hydrogen-bond donors (Lipinski definition) is 0. The highest BCUT2D eigenvalue weighted by atomic mass is 14.3. The molecule has 182 valence electrons. The molecule has 0 heterocycles. The first-order chi connectivity index (χ1) is 16.2. The van der Waals surface area contributed by atoms with Crippen LogP contribution in [0, 0.1) is 11.8 Å². The Morgan fingerprint density at radius 1 is 0.667 bits per heavy atom. The maximum atomic E-state index is 2.41. The van der Waals surface area contributed by atoms with Gasteiger partial charge in [-0.05, 0) is 72.1 Å². The van der Waals surface area contributed by atoms with E-state index in [1.165, 1.54) is 113 Å². The molecule has 1 fully saturated rings. The molecule has 0 radical (unpaired) electrons. The van der Waals surface area contributed by atoms with Crippen molar-refractivity contribution >= 4 is 0 Å². The van der Waals surface area contributed by atoms with Crippen LogP contribution < -0.4 is 0 Å². The standard InChI is InChI=1S/C33H50/c1-4-6-7-8-9-10-11-12-13-28-14-18-30(19-15-28)32-22-24-33(25-23-32)31-20-16-29(17-21-31)26-27(3)5-2/h16-17,20-25,27-28,30H,4-15,18-19,26H2,1-3H3. The van der Waals surface area contributed by atoms with Crippen LogP contribution in [0.5, 0.6) is 0 Å². The van der Waals surface area contributed by atoms with Crippen LogP contribution in [-0.4, -0.2) is 0 Å². The lowest BCUT2D eigenvalue weighted by Gasteiger charge is -2.29. The Bertz CT molecular complexity index is 746. The summed E-state index contributed by atoms with van der Waals surface area (Å²) in [6, 6.07) is 18.8. The molecule has 0 heteroatoms. The molecule has 2 aromatic rings. The lowest BCUT2D eigenvalue weighted by Crippen LogP contribution is -2.13. The molecule has 2 aromatic carbocycles. The van der Waals surface area contributed by atoms with Gasteiger partial charge in [-0.25, -0.2) is 0 Å². The topological polar surface area (TPSA) is 0 Å². The van der Waals surface area contributed by atoms with Gasteiger partial charge in [-0.2, -0.15) is 0 Å². The minimum Gasteiger partial charge on any atom is -0.0654 e. The van der Waals surface area contributed by atoms with E-state index in [1.807, 2.05) is 0 Å². The summed E-state index contributed by atoms with van der Waals surface area (Å²) >= 11 is 0. The molecule has 1 atom stereocenters. The van der Waals surface area contributed by atoms with E-state index in [9.17, 15) is 0 Å². The Morgan fingerprint density at radius 2 is 1.21 bits per heavy atom. The second-order valence-corrected chi connectivity index (χ2v) is 11.0. The molecule has 0 amide bonds. The average Bonchev–Trinajstić information content (AvgIpc) is 2.86. The zero-order valence-electron chi connectivity index (χ0n) is 22.0. The highest BCUT2D eigenvalue weighted by Gasteiger charge is 2.22. The first kappa shape index (κ1) is 26.1. The zero-order chi connectivity index (χ0) is 23.3. The van der Waals surface area contributed by atoms with Gasteiger partial charge in [0.05, 0.1) is 0 Å². The Kier molecular flexibility index (Phi) is 11.6. The van der Waals surface area contributed by atoms with Crippen LogP contribution in [0.2, 0.25) is 0 Å². The van der Waals surface area contributed by atoms with Gasteiger partial charge in [0.1, 0.15) is 0 Å². The molecule has 0 bridgehead atoms. The van der Waals surface area contributed by atoms with E-state index in [-0.39, 0.29) is 0 Å². The molecule has 1 unspecified atom stereocenters. The third kappa shape index (κ3) is 8.95. The molecule has 0 nitrogen and oxygen atoms in total. The van der Waals surface area contributed by atoms with Crippen molar-refractivity contribution in [3.63, 3.8) is 0 Å². The van der Waals surface area contributed by atoms with Crippen molar-refractivity contribution in [3.8, 4) is 11.1 Å². The fourth-order valence-electron chi connectivity index (χ4n) is 5.68. The van der Waals surface area contributed by atoms with E-state index in [2.05, 4.69) is 69.3 Å². The zero-order valence-corrected chi connectivity index (χ0v) is 22.0. The number of hydrogen-bond acceptors (Lipinski definition) is 0. The van der Waals surface area contributed by atoms with Crippen molar-refractivity contribution in [2.75, 3.05) is 0 Å². The van der Waals surface area contributed by atoms with E-state index in [0.717, 1.165) is 17.8 Å². The van der Waals surface area contributed by atoms with E-state index in [4.69, 9.17) is 0 Å². The molecule has 1 saturated carbocycles. The molecule has 1 aliphatic rings. The Labute approximate surface area is 205 Å². The van der Waals surface area contributed by atoms with Crippen molar-refractivity contribution in [1.82, 2.24) is 0 Å². The van der Waals surface area contributed by atoms with E-state index < -0.39 is 0 Å². The van der Waals surface area contributed by atoms with Gasteiger partial charge in [0, 0.05) is 0 Å². The minimum atomic E-state index is 0.769. The van der Waals surface area contributed by atoms with Crippen molar-refractivity contribution in [2.24, 2.45) is 11.8 Å². The largest absolute Gasteiger partial charge is 0.0654 e. The molecule has 33 heavy (non-hydrogen) atoms. The summed E-state index contributed by atoms with van der Waals surface area (Å²) in [4.78, 5) is 0. The minimum absolute atomic E-state index is 0.769. The number of unbranched alkanes of at least 4 members (excludes halogenated alkanes) is 7. The normalized spacial score (nSPS) is 19.5. The first-order valence-electron chi connectivity index (χ1n) is 14.4. The van der Waals surface area contributed by atoms with E-state index in [0.29, 0.717) is 0 Å². The summed E-state index contributed by atoms with van der Waals surface area (Å²) in [5.41, 5.74) is 5.74. The molecule has 0 N–H and O–H groups in total. The number of benzene rings is 2. The van der Waals surface area contributed by atoms with Gasteiger partial charge in [0.15, 0.2) is 0 Å². The molecule has 0 spiro atoms. The summed E-state index contributed by atoms with van der Waals surface area (Å²) in [7, 11) is 0. The van der Waals surface area contributed by atoms with Crippen molar-refractivity contribution in [3.05, 3.63) is 59.7 Å². The maximum absolute atomic E-state index is 2.41. The van der Waals surface area contributed by atoms with Gasteiger partial charge in [-0.1, -0.05) is 134 Å². The lowest BCUT2D eigenvalue weighted by molar-refractivity contribution is 0.302. The maximum Gasteiger partial charge on any atom is -0.0162 e. The third-order valence-corrected chi connectivity index (χ3v) is 8.26. The van der Waals surface area contributed by atoms with Crippen molar-refractivity contribution < 1.29 is 0 Å². The molecule has 0 aliphatic heterocycles. The molecular formula is C33H50. The fourth-order valence-corrected chi connectivity index (χ4v) is 5.68. The van der Waals surface area contributed by atoms with E-state index in [1.54, 1.807) is 5.56 Å². The third-order valence-electron chi connectivity index (χ3n) is 8.26. The highest BCUT2D eigenvalue weighted by Crippen LogP contribution is 2.38. The summed E-state index contributed by atoms with van der Waals surface area (Å²) < 4.78 is 0. The summed E-state index contributed by atoms with van der Waals surface area (Å²) in [5.74, 6) is 2.55. The lowest BCUT2D eigenvalue weighted by atomic mass is 9.77. The Balaban J connectivity index is 1.37. The van der Waals surface area contributed by atoms with Crippen molar-refractivity contribution in [2.45, 2.75) is 123 Å². The van der Waals surface area contributed by atoms with Gasteiger partial charge in [0.2, 0.25) is 0 Å². The summed E-state index contributed by atoms with van der Waals surface area (Å²) in [6.07, 6.45) is 21.2. The second-order valence-electron chi connectivity index (χ2n) is 11.0. The van der Waals surface area contributed by atoms with Crippen molar-refractivity contribution in [1.29, 1.82) is 0 Å².